The third-order valence-corrected chi connectivity index (χ3v) is 6.34. The Labute approximate surface area is 151 Å². The summed E-state index contributed by atoms with van der Waals surface area (Å²) >= 11 is 2.19. The molecule has 3 rings (SSSR count). The van der Waals surface area contributed by atoms with Crippen molar-refractivity contribution in [3.63, 3.8) is 0 Å². The first kappa shape index (κ1) is 17.1. The molecule has 1 N–H and O–H groups in total. The number of aliphatic hydroxyl groups is 1. The SMILES string of the molecule is CCOC(=O)c1c(C(C)C)nc2c(c1I)[C@@H](O)CC1(CCC1)C2. The number of fused-ring (bicyclic) bond motifs is 1. The van der Waals surface area contributed by atoms with Crippen LogP contribution in [0.4, 0.5) is 0 Å². The molecule has 1 aromatic rings. The van der Waals surface area contributed by atoms with Gasteiger partial charge in [-0.15, -0.1) is 0 Å². The van der Waals surface area contributed by atoms with E-state index in [2.05, 4.69) is 22.6 Å². The number of nitrogens with zero attached hydrogens (tertiary/aromatic N) is 1. The van der Waals surface area contributed by atoms with Crippen LogP contribution in [-0.2, 0) is 11.2 Å². The van der Waals surface area contributed by atoms with Crippen molar-refractivity contribution in [3.8, 4) is 0 Å². The van der Waals surface area contributed by atoms with Crippen LogP contribution in [0.15, 0.2) is 0 Å². The van der Waals surface area contributed by atoms with Gasteiger partial charge in [-0.3, -0.25) is 4.98 Å². The number of ether oxygens (including phenoxy) is 1. The first-order valence-corrected chi connectivity index (χ1v) is 9.54. The smallest absolute Gasteiger partial charge is 0.341 e. The lowest BCUT2D eigenvalue weighted by Crippen LogP contribution is -2.38. The van der Waals surface area contributed by atoms with Gasteiger partial charge in [-0.2, -0.15) is 0 Å². The van der Waals surface area contributed by atoms with Crippen LogP contribution in [0.25, 0.3) is 0 Å². The zero-order chi connectivity index (χ0) is 16.8. The van der Waals surface area contributed by atoms with Crippen molar-refractivity contribution in [1.82, 2.24) is 4.98 Å². The maximum atomic E-state index is 12.4. The highest BCUT2D eigenvalue weighted by atomic mass is 127. The zero-order valence-corrected chi connectivity index (χ0v) is 16.1. The monoisotopic (exact) mass is 429 g/mol. The van der Waals surface area contributed by atoms with Crippen molar-refractivity contribution in [2.45, 2.75) is 64.9 Å². The minimum absolute atomic E-state index is 0.143. The van der Waals surface area contributed by atoms with Crippen molar-refractivity contribution in [2.24, 2.45) is 5.41 Å². The molecule has 0 bridgehead atoms. The lowest BCUT2D eigenvalue weighted by molar-refractivity contribution is 0.0236. The van der Waals surface area contributed by atoms with E-state index in [-0.39, 0.29) is 17.3 Å². The van der Waals surface area contributed by atoms with E-state index in [1.807, 2.05) is 13.8 Å². The van der Waals surface area contributed by atoms with Gasteiger partial charge in [-0.25, -0.2) is 4.79 Å². The Hall–Kier alpha value is -0.690. The second-order valence-corrected chi connectivity index (χ2v) is 8.25. The predicted octanol–water partition coefficient (Wildman–Crippen LogP) is 4.14. The fourth-order valence-electron chi connectivity index (χ4n) is 3.92. The van der Waals surface area contributed by atoms with Gasteiger partial charge in [0, 0.05) is 14.8 Å². The maximum Gasteiger partial charge on any atom is 0.341 e. The molecule has 0 saturated heterocycles. The Morgan fingerprint density at radius 1 is 1.48 bits per heavy atom. The minimum atomic E-state index is -0.521. The van der Waals surface area contributed by atoms with Gasteiger partial charge in [0.05, 0.1) is 24.0 Å². The third-order valence-electron chi connectivity index (χ3n) is 5.22. The molecule has 2 aliphatic rings. The molecule has 1 aromatic heterocycles. The molecule has 0 amide bonds. The molecule has 0 aromatic carbocycles. The van der Waals surface area contributed by atoms with E-state index < -0.39 is 6.10 Å². The molecule has 0 radical (unpaired) electrons. The molecule has 126 valence electrons. The second-order valence-electron chi connectivity index (χ2n) is 7.17. The highest BCUT2D eigenvalue weighted by molar-refractivity contribution is 14.1. The summed E-state index contributed by atoms with van der Waals surface area (Å²) in [6.07, 6.45) is 4.81. The van der Waals surface area contributed by atoms with Crippen LogP contribution in [0.3, 0.4) is 0 Å². The van der Waals surface area contributed by atoms with Crippen LogP contribution < -0.4 is 0 Å². The summed E-state index contributed by atoms with van der Waals surface area (Å²) in [5, 5.41) is 10.7. The second kappa shape index (κ2) is 6.31. The van der Waals surface area contributed by atoms with E-state index >= 15 is 0 Å². The Morgan fingerprint density at radius 3 is 2.70 bits per heavy atom. The van der Waals surface area contributed by atoms with Gasteiger partial charge in [-0.05, 0) is 66.5 Å². The van der Waals surface area contributed by atoms with E-state index in [1.54, 1.807) is 6.92 Å². The number of pyridine rings is 1. The highest BCUT2D eigenvalue weighted by Crippen LogP contribution is 2.54. The van der Waals surface area contributed by atoms with Crippen molar-refractivity contribution < 1.29 is 14.6 Å². The van der Waals surface area contributed by atoms with Gasteiger partial charge in [0.25, 0.3) is 0 Å². The molecule has 1 saturated carbocycles. The highest BCUT2D eigenvalue weighted by Gasteiger charge is 2.45. The van der Waals surface area contributed by atoms with Crippen LogP contribution in [0.5, 0.6) is 0 Å². The van der Waals surface area contributed by atoms with Gasteiger partial charge in [0.15, 0.2) is 0 Å². The summed E-state index contributed by atoms with van der Waals surface area (Å²) in [5.74, 6) is -0.184. The molecule has 5 heteroatoms. The lowest BCUT2D eigenvalue weighted by Gasteiger charge is -2.47. The zero-order valence-electron chi connectivity index (χ0n) is 14.0. The van der Waals surface area contributed by atoms with Gasteiger partial charge in [-0.1, -0.05) is 20.3 Å². The van der Waals surface area contributed by atoms with E-state index in [0.29, 0.717) is 12.2 Å². The van der Waals surface area contributed by atoms with Gasteiger partial charge >= 0.3 is 5.97 Å². The predicted molar refractivity (Wildman–Crippen MR) is 96.6 cm³/mol. The first-order chi connectivity index (χ1) is 10.9. The number of rotatable bonds is 3. The molecule has 1 fully saturated rings. The Balaban J connectivity index is 2.13. The van der Waals surface area contributed by atoms with Crippen molar-refractivity contribution >= 4 is 28.6 Å². The molecule has 0 unspecified atom stereocenters. The summed E-state index contributed by atoms with van der Waals surface area (Å²) in [7, 11) is 0. The summed E-state index contributed by atoms with van der Waals surface area (Å²) < 4.78 is 6.06. The molecule has 1 atom stereocenters. The summed E-state index contributed by atoms with van der Waals surface area (Å²) in [5.41, 5.74) is 3.43. The Kier molecular flexibility index (Phi) is 4.71. The number of aliphatic hydroxyl groups excluding tert-OH is 1. The van der Waals surface area contributed by atoms with E-state index in [9.17, 15) is 9.90 Å². The van der Waals surface area contributed by atoms with Crippen molar-refractivity contribution in [3.05, 3.63) is 26.1 Å². The third kappa shape index (κ3) is 2.90. The number of hydrogen-bond acceptors (Lipinski definition) is 4. The molecule has 1 heterocycles. The average Bonchev–Trinajstić information content (AvgIpc) is 2.44. The number of aromatic nitrogens is 1. The first-order valence-electron chi connectivity index (χ1n) is 8.46. The standard InChI is InChI=1S/C18H24INO3/c1-4-23-17(22)14-15(19)13-11(20-16(14)10(2)3)8-18(6-5-7-18)9-12(13)21/h10,12,21H,4-9H2,1-3H3/t12-/m0/s1. The average molecular weight is 429 g/mol. The van der Waals surface area contributed by atoms with E-state index in [0.717, 1.165) is 33.4 Å². The molecule has 23 heavy (non-hydrogen) atoms. The lowest BCUT2D eigenvalue weighted by atomic mass is 9.60. The minimum Gasteiger partial charge on any atom is -0.462 e. The van der Waals surface area contributed by atoms with Crippen LogP contribution in [0.2, 0.25) is 0 Å². The maximum absolute atomic E-state index is 12.4. The van der Waals surface area contributed by atoms with E-state index in [1.165, 1.54) is 19.3 Å². The molecule has 4 nitrogen and oxygen atoms in total. The fraction of sp³-hybridized carbons (Fsp3) is 0.667. The van der Waals surface area contributed by atoms with Crippen LogP contribution in [-0.4, -0.2) is 22.7 Å². The van der Waals surface area contributed by atoms with Crippen LogP contribution in [0, 0.1) is 8.99 Å². The molecule has 2 aliphatic carbocycles. The molecule has 0 aliphatic heterocycles. The van der Waals surface area contributed by atoms with Gasteiger partial charge in [0.2, 0.25) is 0 Å². The van der Waals surface area contributed by atoms with Crippen LogP contribution >= 0.6 is 22.6 Å². The Bertz CT molecular complexity index is 638. The number of carbonyl (C=O) groups is 1. The number of halogens is 1. The van der Waals surface area contributed by atoms with Crippen molar-refractivity contribution in [1.29, 1.82) is 0 Å². The number of carbonyl (C=O) groups excluding carboxylic acids is 1. The summed E-state index contributed by atoms with van der Waals surface area (Å²) in [6, 6.07) is 0. The topological polar surface area (TPSA) is 59.4 Å². The van der Waals surface area contributed by atoms with Crippen LogP contribution in [0.1, 0.15) is 85.8 Å². The molecular weight excluding hydrogens is 405 g/mol. The van der Waals surface area contributed by atoms with E-state index in [4.69, 9.17) is 9.72 Å². The fourth-order valence-corrected chi connectivity index (χ4v) is 5.09. The summed E-state index contributed by atoms with van der Waals surface area (Å²) in [6.45, 7) is 6.24. The normalized spacial score (nSPS) is 21.9. The Morgan fingerprint density at radius 2 is 2.17 bits per heavy atom. The quantitative estimate of drug-likeness (QED) is 0.580. The number of hydrogen-bond donors (Lipinski definition) is 1. The number of esters is 1. The molecule has 1 spiro atoms. The van der Waals surface area contributed by atoms with Gasteiger partial charge in [0.1, 0.15) is 0 Å². The largest absolute Gasteiger partial charge is 0.462 e. The molecular formula is C18H24INO3. The van der Waals surface area contributed by atoms with Gasteiger partial charge < -0.3 is 9.84 Å². The summed E-state index contributed by atoms with van der Waals surface area (Å²) in [4.78, 5) is 17.3. The van der Waals surface area contributed by atoms with Crippen molar-refractivity contribution in [2.75, 3.05) is 6.61 Å².